The van der Waals surface area contributed by atoms with Crippen molar-refractivity contribution < 1.29 is 21.6 Å². The fourth-order valence-electron chi connectivity index (χ4n) is 3.24. The molecule has 0 saturated carbocycles. The summed E-state index contributed by atoms with van der Waals surface area (Å²) in [5.41, 5.74) is 0. The van der Waals surface area contributed by atoms with Crippen LogP contribution in [0.15, 0.2) is 0 Å². The number of hydrogen-bond donors (Lipinski definition) is 2. The fraction of sp³-hybridized carbons (Fsp3) is 1.00. The lowest BCUT2D eigenvalue weighted by molar-refractivity contribution is -0.121. The van der Waals surface area contributed by atoms with Crippen LogP contribution in [0.25, 0.3) is 0 Å². The second-order valence-corrected chi connectivity index (χ2v) is 7.52. The number of rotatable bonds is 6. The topological polar surface area (TPSA) is 61.4 Å². The first-order valence-electron chi connectivity index (χ1n) is 7.30. The highest BCUT2D eigenvalue weighted by Gasteiger charge is 2.40. The number of halogens is 3. The molecule has 0 aromatic heterocycles. The third-order valence-electron chi connectivity index (χ3n) is 4.06. The summed E-state index contributed by atoms with van der Waals surface area (Å²) in [5.74, 6) is 0. The van der Waals surface area contributed by atoms with Gasteiger partial charge in [-0.2, -0.15) is 30.6 Å². The van der Waals surface area contributed by atoms with E-state index in [1.54, 1.807) is 4.72 Å². The van der Waals surface area contributed by atoms with E-state index in [2.05, 4.69) is 5.32 Å². The van der Waals surface area contributed by atoms with E-state index in [1.807, 2.05) is 6.92 Å². The van der Waals surface area contributed by atoms with Crippen molar-refractivity contribution in [1.29, 1.82) is 0 Å². The minimum Gasteiger partial charge on any atom is -0.311 e. The fourth-order valence-corrected chi connectivity index (χ4v) is 4.74. The van der Waals surface area contributed by atoms with Gasteiger partial charge in [-0.15, -0.1) is 0 Å². The Morgan fingerprint density at radius 1 is 1.24 bits per heavy atom. The van der Waals surface area contributed by atoms with Gasteiger partial charge in [0, 0.05) is 24.7 Å². The lowest BCUT2D eigenvalue weighted by atomic mass is 10.00. The van der Waals surface area contributed by atoms with Crippen molar-refractivity contribution in [3.63, 3.8) is 0 Å². The van der Waals surface area contributed by atoms with Crippen LogP contribution in [0.2, 0.25) is 0 Å². The molecule has 124 valence electrons. The van der Waals surface area contributed by atoms with E-state index in [0.717, 1.165) is 12.8 Å². The van der Waals surface area contributed by atoms with Crippen LogP contribution in [0.1, 0.15) is 39.0 Å². The highest BCUT2D eigenvalue weighted by molar-refractivity contribution is 7.87. The summed E-state index contributed by atoms with van der Waals surface area (Å²) in [6.45, 7) is 0.548. The lowest BCUT2D eigenvalue weighted by Crippen LogP contribution is -2.54. The molecule has 2 heterocycles. The molecule has 2 rings (SSSR count). The number of piperidine rings is 1. The second kappa shape index (κ2) is 6.39. The summed E-state index contributed by atoms with van der Waals surface area (Å²) in [6.07, 6.45) is -0.606. The van der Waals surface area contributed by atoms with Crippen LogP contribution < -0.4 is 10.0 Å². The molecule has 0 aliphatic carbocycles. The molecule has 0 amide bonds. The second-order valence-electron chi connectivity index (χ2n) is 5.82. The molecule has 2 bridgehead atoms. The van der Waals surface area contributed by atoms with Crippen LogP contribution in [0.3, 0.4) is 0 Å². The zero-order chi connectivity index (χ0) is 15.7. The third kappa shape index (κ3) is 4.54. The molecule has 2 N–H and O–H groups in total. The van der Waals surface area contributed by atoms with Crippen LogP contribution in [0.4, 0.5) is 13.2 Å². The normalized spacial score (nSPS) is 30.0. The van der Waals surface area contributed by atoms with E-state index in [9.17, 15) is 21.6 Å². The van der Waals surface area contributed by atoms with Gasteiger partial charge in [0.1, 0.15) is 6.54 Å². The number of hydrogen-bond acceptors (Lipinski definition) is 3. The summed E-state index contributed by atoms with van der Waals surface area (Å²) in [6, 6.07) is 0.353. The van der Waals surface area contributed by atoms with Crippen molar-refractivity contribution in [2.75, 3.05) is 13.1 Å². The molecule has 2 saturated heterocycles. The van der Waals surface area contributed by atoms with Crippen molar-refractivity contribution in [2.24, 2.45) is 0 Å². The Morgan fingerprint density at radius 2 is 1.81 bits per heavy atom. The van der Waals surface area contributed by atoms with E-state index >= 15 is 0 Å². The highest BCUT2D eigenvalue weighted by Crippen LogP contribution is 2.31. The quantitative estimate of drug-likeness (QED) is 0.774. The maximum atomic E-state index is 12.3. The molecular weight excluding hydrogens is 307 g/mol. The van der Waals surface area contributed by atoms with Crippen LogP contribution in [-0.2, 0) is 10.2 Å². The molecule has 2 aliphatic heterocycles. The van der Waals surface area contributed by atoms with Gasteiger partial charge in [-0.3, -0.25) is 0 Å². The summed E-state index contributed by atoms with van der Waals surface area (Å²) in [4.78, 5) is 0. The van der Waals surface area contributed by atoms with Gasteiger partial charge in [0.2, 0.25) is 0 Å². The number of nitrogens with one attached hydrogen (secondary N) is 2. The van der Waals surface area contributed by atoms with Crippen molar-refractivity contribution in [3.8, 4) is 0 Å². The average molecular weight is 329 g/mol. The Bertz CT molecular complexity index is 443. The maximum Gasteiger partial charge on any atom is 0.402 e. The largest absolute Gasteiger partial charge is 0.402 e. The molecule has 21 heavy (non-hydrogen) atoms. The number of nitrogens with zero attached hydrogens (tertiary/aromatic N) is 1. The first-order valence-corrected chi connectivity index (χ1v) is 8.74. The molecule has 2 unspecified atom stereocenters. The molecule has 9 heteroatoms. The summed E-state index contributed by atoms with van der Waals surface area (Å²) in [5, 5.41) is 3.40. The van der Waals surface area contributed by atoms with E-state index in [4.69, 9.17) is 0 Å². The van der Waals surface area contributed by atoms with Crippen molar-refractivity contribution in [3.05, 3.63) is 0 Å². The maximum absolute atomic E-state index is 12.3. The Morgan fingerprint density at radius 3 is 2.29 bits per heavy atom. The molecule has 0 aromatic carbocycles. The Labute approximate surface area is 123 Å². The summed E-state index contributed by atoms with van der Waals surface area (Å²) >= 11 is 0. The molecule has 2 aliphatic rings. The predicted octanol–water partition coefficient (Wildman–Crippen LogP) is 1.38. The van der Waals surface area contributed by atoms with Gasteiger partial charge < -0.3 is 5.32 Å². The van der Waals surface area contributed by atoms with Crippen LogP contribution >= 0.6 is 0 Å². The first-order chi connectivity index (χ1) is 9.71. The molecule has 0 radical (unpaired) electrons. The van der Waals surface area contributed by atoms with Crippen LogP contribution in [0, 0.1) is 0 Å². The Kier molecular flexibility index (Phi) is 5.17. The van der Waals surface area contributed by atoms with Crippen molar-refractivity contribution in [1.82, 2.24) is 14.3 Å². The smallest absolute Gasteiger partial charge is 0.311 e. The van der Waals surface area contributed by atoms with E-state index < -0.39 is 22.9 Å². The molecule has 0 spiro atoms. The monoisotopic (exact) mass is 329 g/mol. The molecule has 2 fully saturated rings. The van der Waals surface area contributed by atoms with E-state index in [0.29, 0.717) is 19.3 Å². The standard InChI is InChI=1S/C12H22F3N3O2S/c1-2-5-18(21(19,20)16-8-12(13,14)15)11-6-9-3-4-10(7-11)17-9/h9-11,16-17H,2-8H2,1H3. The summed E-state index contributed by atoms with van der Waals surface area (Å²) in [7, 11) is -4.10. The molecule has 2 atom stereocenters. The van der Waals surface area contributed by atoms with Gasteiger partial charge in [-0.25, -0.2) is 0 Å². The highest BCUT2D eigenvalue weighted by atomic mass is 32.2. The minimum atomic E-state index is -4.54. The number of fused-ring (bicyclic) bond motifs is 2. The average Bonchev–Trinajstić information content (AvgIpc) is 2.72. The zero-order valence-corrected chi connectivity index (χ0v) is 12.8. The van der Waals surface area contributed by atoms with Gasteiger partial charge >= 0.3 is 6.18 Å². The van der Waals surface area contributed by atoms with Crippen molar-refractivity contribution in [2.45, 2.75) is 63.3 Å². The predicted molar refractivity (Wildman–Crippen MR) is 72.9 cm³/mol. The van der Waals surface area contributed by atoms with Crippen LogP contribution in [-0.4, -0.2) is 50.1 Å². The van der Waals surface area contributed by atoms with Gasteiger partial charge in [-0.1, -0.05) is 6.92 Å². The first kappa shape index (κ1) is 17.0. The summed E-state index contributed by atoms with van der Waals surface area (Å²) < 4.78 is 64.1. The van der Waals surface area contributed by atoms with Gasteiger partial charge in [0.15, 0.2) is 0 Å². The lowest BCUT2D eigenvalue weighted by Gasteiger charge is -2.36. The minimum absolute atomic E-state index is 0.213. The Balaban J connectivity index is 2.06. The SMILES string of the molecule is CCCN(C1CC2CCC(C1)N2)S(=O)(=O)NCC(F)(F)F. The van der Waals surface area contributed by atoms with E-state index in [1.165, 1.54) is 4.31 Å². The van der Waals surface area contributed by atoms with Gasteiger partial charge in [-0.05, 0) is 32.1 Å². The van der Waals surface area contributed by atoms with Gasteiger partial charge in [0.25, 0.3) is 10.2 Å². The van der Waals surface area contributed by atoms with Crippen LogP contribution in [0.5, 0.6) is 0 Å². The molecular formula is C12H22F3N3O2S. The number of alkyl halides is 3. The van der Waals surface area contributed by atoms with Gasteiger partial charge in [0.05, 0.1) is 0 Å². The van der Waals surface area contributed by atoms with Crippen molar-refractivity contribution >= 4 is 10.2 Å². The molecule has 0 aromatic rings. The molecule has 5 nitrogen and oxygen atoms in total. The zero-order valence-electron chi connectivity index (χ0n) is 12.0. The Hall–Kier alpha value is -0.380. The third-order valence-corrected chi connectivity index (χ3v) is 5.67. The van der Waals surface area contributed by atoms with E-state index in [-0.39, 0.29) is 24.7 Å².